The Hall–Kier alpha value is -2.40. The summed E-state index contributed by atoms with van der Waals surface area (Å²) in [7, 11) is 0. The lowest BCUT2D eigenvalue weighted by Gasteiger charge is -2.09. The Labute approximate surface area is 121 Å². The van der Waals surface area contributed by atoms with Crippen LogP contribution in [0.5, 0.6) is 0 Å². The van der Waals surface area contributed by atoms with E-state index >= 15 is 0 Å². The molecule has 0 atom stereocenters. The molecule has 3 aromatic rings. The van der Waals surface area contributed by atoms with Crippen LogP contribution in [0.15, 0.2) is 55.1 Å². The van der Waals surface area contributed by atoms with Crippen molar-refractivity contribution >= 4 is 17.3 Å². The van der Waals surface area contributed by atoms with Crippen molar-refractivity contribution in [2.24, 2.45) is 0 Å². The molecular formula is C14H12ClN5. The number of benzene rings is 1. The number of hydrogen-bond donors (Lipinski definition) is 1. The van der Waals surface area contributed by atoms with Crippen LogP contribution in [0.3, 0.4) is 0 Å². The minimum atomic E-state index is 0.526. The van der Waals surface area contributed by atoms with E-state index < -0.39 is 0 Å². The first-order valence-corrected chi connectivity index (χ1v) is 6.50. The SMILES string of the molecule is Clc1cnccc1NCc1nncn1-c1ccccc1. The van der Waals surface area contributed by atoms with Crippen LogP contribution in [-0.2, 0) is 6.54 Å². The molecule has 0 radical (unpaired) electrons. The van der Waals surface area contributed by atoms with Crippen molar-refractivity contribution in [2.45, 2.75) is 6.54 Å². The lowest BCUT2D eigenvalue weighted by Crippen LogP contribution is -2.07. The molecule has 0 fully saturated rings. The second kappa shape index (κ2) is 5.71. The van der Waals surface area contributed by atoms with Crippen molar-refractivity contribution in [3.8, 4) is 5.69 Å². The van der Waals surface area contributed by atoms with Crippen molar-refractivity contribution in [2.75, 3.05) is 5.32 Å². The summed E-state index contributed by atoms with van der Waals surface area (Å²) in [6.07, 6.45) is 4.99. The van der Waals surface area contributed by atoms with Crippen molar-refractivity contribution in [3.05, 3.63) is 66.0 Å². The summed E-state index contributed by atoms with van der Waals surface area (Å²) in [5, 5.41) is 11.9. The standard InChI is InChI=1S/C14H12ClN5/c15-12-8-16-7-6-13(12)17-9-14-19-18-10-20(14)11-4-2-1-3-5-11/h1-8,10H,9H2,(H,16,17). The van der Waals surface area contributed by atoms with E-state index in [1.807, 2.05) is 41.0 Å². The monoisotopic (exact) mass is 285 g/mol. The van der Waals surface area contributed by atoms with Crippen molar-refractivity contribution in [1.82, 2.24) is 19.7 Å². The van der Waals surface area contributed by atoms with Crippen LogP contribution >= 0.6 is 11.6 Å². The van der Waals surface area contributed by atoms with Gasteiger partial charge in [0.05, 0.1) is 17.3 Å². The molecule has 0 aliphatic rings. The second-order valence-electron chi connectivity index (χ2n) is 4.16. The van der Waals surface area contributed by atoms with E-state index in [1.54, 1.807) is 18.7 Å². The lowest BCUT2D eigenvalue weighted by atomic mass is 10.3. The van der Waals surface area contributed by atoms with Crippen molar-refractivity contribution < 1.29 is 0 Å². The molecule has 2 heterocycles. The minimum absolute atomic E-state index is 0.526. The van der Waals surface area contributed by atoms with Crippen LogP contribution in [0.1, 0.15) is 5.82 Å². The number of nitrogens with one attached hydrogen (secondary N) is 1. The predicted octanol–water partition coefficient (Wildman–Crippen LogP) is 2.93. The molecule has 0 amide bonds. The Kier molecular flexibility index (Phi) is 3.60. The maximum atomic E-state index is 6.05. The maximum Gasteiger partial charge on any atom is 0.156 e. The van der Waals surface area contributed by atoms with E-state index in [0.717, 1.165) is 17.2 Å². The van der Waals surface area contributed by atoms with Gasteiger partial charge in [-0.3, -0.25) is 9.55 Å². The molecule has 0 saturated carbocycles. The molecular weight excluding hydrogens is 274 g/mol. The molecule has 20 heavy (non-hydrogen) atoms. The molecule has 2 aromatic heterocycles. The van der Waals surface area contributed by atoms with E-state index in [-0.39, 0.29) is 0 Å². The fraction of sp³-hybridized carbons (Fsp3) is 0.0714. The van der Waals surface area contributed by atoms with Gasteiger partial charge in [-0.05, 0) is 18.2 Å². The van der Waals surface area contributed by atoms with Gasteiger partial charge >= 0.3 is 0 Å². The highest BCUT2D eigenvalue weighted by Crippen LogP contribution is 2.20. The quantitative estimate of drug-likeness (QED) is 0.801. The molecule has 0 aliphatic heterocycles. The number of rotatable bonds is 4. The average molecular weight is 286 g/mol. The molecule has 3 rings (SSSR count). The fourth-order valence-corrected chi connectivity index (χ4v) is 2.06. The highest BCUT2D eigenvalue weighted by molar-refractivity contribution is 6.33. The molecule has 0 spiro atoms. The molecule has 0 unspecified atom stereocenters. The fourth-order valence-electron chi connectivity index (χ4n) is 1.88. The van der Waals surface area contributed by atoms with Gasteiger partial charge in [0.2, 0.25) is 0 Å². The van der Waals surface area contributed by atoms with Crippen LogP contribution < -0.4 is 5.32 Å². The van der Waals surface area contributed by atoms with Gasteiger partial charge in [-0.15, -0.1) is 10.2 Å². The summed E-state index contributed by atoms with van der Waals surface area (Å²) >= 11 is 6.05. The Morgan fingerprint density at radius 3 is 2.80 bits per heavy atom. The Morgan fingerprint density at radius 2 is 2.00 bits per heavy atom. The zero-order valence-corrected chi connectivity index (χ0v) is 11.3. The van der Waals surface area contributed by atoms with Crippen molar-refractivity contribution in [3.63, 3.8) is 0 Å². The third-order valence-electron chi connectivity index (χ3n) is 2.86. The molecule has 1 aromatic carbocycles. The summed E-state index contributed by atoms with van der Waals surface area (Å²) in [6, 6.07) is 11.8. The Morgan fingerprint density at radius 1 is 1.15 bits per heavy atom. The third-order valence-corrected chi connectivity index (χ3v) is 3.16. The van der Waals surface area contributed by atoms with Gasteiger partial charge in [0.15, 0.2) is 5.82 Å². The lowest BCUT2D eigenvalue weighted by molar-refractivity contribution is 0.890. The highest BCUT2D eigenvalue weighted by Gasteiger charge is 2.06. The summed E-state index contributed by atoms with van der Waals surface area (Å²) in [5.41, 5.74) is 1.85. The number of nitrogens with zero attached hydrogens (tertiary/aromatic N) is 4. The van der Waals surface area contributed by atoms with Crippen LogP contribution in [0, 0.1) is 0 Å². The van der Waals surface area contributed by atoms with E-state index in [2.05, 4.69) is 20.5 Å². The first-order chi connectivity index (χ1) is 9.84. The normalized spacial score (nSPS) is 10.4. The highest BCUT2D eigenvalue weighted by atomic mass is 35.5. The topological polar surface area (TPSA) is 55.6 Å². The van der Waals surface area contributed by atoms with Gasteiger partial charge in [-0.1, -0.05) is 29.8 Å². The number of anilines is 1. The first kappa shape index (κ1) is 12.6. The van der Waals surface area contributed by atoms with Gasteiger partial charge in [0.25, 0.3) is 0 Å². The van der Waals surface area contributed by atoms with Crippen LogP contribution in [0.25, 0.3) is 5.69 Å². The number of aromatic nitrogens is 4. The zero-order chi connectivity index (χ0) is 13.8. The molecule has 100 valence electrons. The minimum Gasteiger partial charge on any atom is -0.376 e. The molecule has 5 nitrogen and oxygen atoms in total. The third kappa shape index (κ3) is 2.62. The largest absolute Gasteiger partial charge is 0.376 e. The predicted molar refractivity (Wildman–Crippen MR) is 77.9 cm³/mol. The van der Waals surface area contributed by atoms with E-state index in [4.69, 9.17) is 11.6 Å². The smallest absolute Gasteiger partial charge is 0.156 e. The van der Waals surface area contributed by atoms with Crippen LogP contribution in [0.2, 0.25) is 5.02 Å². The van der Waals surface area contributed by atoms with Gasteiger partial charge in [-0.25, -0.2) is 0 Å². The van der Waals surface area contributed by atoms with Gasteiger partial charge in [0, 0.05) is 18.1 Å². The summed E-state index contributed by atoms with van der Waals surface area (Å²) < 4.78 is 1.93. The summed E-state index contributed by atoms with van der Waals surface area (Å²) in [4.78, 5) is 3.95. The summed E-state index contributed by atoms with van der Waals surface area (Å²) in [6.45, 7) is 0.526. The van der Waals surface area contributed by atoms with E-state index in [9.17, 15) is 0 Å². The number of pyridine rings is 1. The van der Waals surface area contributed by atoms with E-state index in [1.165, 1.54) is 0 Å². The maximum absolute atomic E-state index is 6.05. The van der Waals surface area contributed by atoms with Gasteiger partial charge in [-0.2, -0.15) is 0 Å². The number of para-hydroxylation sites is 1. The molecule has 6 heteroatoms. The number of hydrogen-bond acceptors (Lipinski definition) is 4. The molecule has 0 bridgehead atoms. The second-order valence-corrected chi connectivity index (χ2v) is 4.57. The molecule has 1 N–H and O–H groups in total. The first-order valence-electron chi connectivity index (χ1n) is 6.12. The van der Waals surface area contributed by atoms with E-state index in [0.29, 0.717) is 11.6 Å². The average Bonchev–Trinajstić information content (AvgIpc) is 2.96. The summed E-state index contributed by atoms with van der Waals surface area (Å²) in [5.74, 6) is 0.809. The zero-order valence-electron chi connectivity index (χ0n) is 10.6. The molecule has 0 saturated heterocycles. The van der Waals surface area contributed by atoms with Crippen molar-refractivity contribution in [1.29, 1.82) is 0 Å². The van der Waals surface area contributed by atoms with Gasteiger partial charge in [0.1, 0.15) is 6.33 Å². The van der Waals surface area contributed by atoms with Gasteiger partial charge < -0.3 is 5.32 Å². The Balaban J connectivity index is 1.80. The number of halogens is 1. The molecule has 0 aliphatic carbocycles. The van der Waals surface area contributed by atoms with Crippen LogP contribution in [-0.4, -0.2) is 19.7 Å². The Bertz CT molecular complexity index is 696. The van der Waals surface area contributed by atoms with Crippen LogP contribution in [0.4, 0.5) is 5.69 Å².